The lowest BCUT2D eigenvalue weighted by Gasteiger charge is -2.37. The minimum Gasteiger partial charge on any atom is -0.368 e. The molecule has 0 unspecified atom stereocenters. The number of carbonyl (C=O) groups is 1. The molecule has 0 saturated carbocycles. The Labute approximate surface area is 120 Å². The predicted molar refractivity (Wildman–Crippen MR) is 70.9 cm³/mol. The fourth-order valence-corrected chi connectivity index (χ4v) is 2.37. The molecule has 0 bridgehead atoms. The molecule has 0 aliphatic carbocycles. The Morgan fingerprint density at radius 1 is 1.14 bits per heavy atom. The summed E-state index contributed by atoms with van der Waals surface area (Å²) in [5, 5.41) is 0. The highest BCUT2D eigenvalue weighted by atomic mass is 19.3. The average molecular weight is 304 g/mol. The van der Waals surface area contributed by atoms with E-state index < -0.39 is 18.3 Å². The summed E-state index contributed by atoms with van der Waals surface area (Å²) in [5.41, 5.74) is 2.00. The average Bonchev–Trinajstić information content (AvgIpc) is 2.47. The van der Waals surface area contributed by atoms with Gasteiger partial charge in [-0.1, -0.05) is 18.2 Å². The number of rotatable bonds is 3. The van der Waals surface area contributed by atoms with Crippen LogP contribution in [0.15, 0.2) is 24.3 Å². The van der Waals surface area contributed by atoms with Gasteiger partial charge in [0.15, 0.2) is 0 Å². The summed E-state index contributed by atoms with van der Waals surface area (Å²) in [7, 11) is 0. The van der Waals surface area contributed by atoms with E-state index in [4.69, 9.17) is 0 Å². The highest BCUT2D eigenvalue weighted by molar-refractivity contribution is 5.84. The van der Waals surface area contributed by atoms with Gasteiger partial charge in [0.2, 0.25) is 0 Å². The Hall–Kier alpha value is -1.79. The molecule has 1 heterocycles. The zero-order chi connectivity index (χ0) is 15.6. The van der Waals surface area contributed by atoms with Crippen LogP contribution in [0.2, 0.25) is 0 Å². The van der Waals surface area contributed by atoms with Crippen molar-refractivity contribution in [3.8, 4) is 0 Å². The van der Waals surface area contributed by atoms with E-state index in [2.05, 4.69) is 0 Å². The van der Waals surface area contributed by atoms with Gasteiger partial charge in [0.1, 0.15) is 0 Å². The van der Waals surface area contributed by atoms with Crippen molar-refractivity contribution in [2.24, 2.45) is 0 Å². The van der Waals surface area contributed by atoms with Gasteiger partial charge in [0, 0.05) is 31.9 Å². The molecule has 1 amide bonds. The lowest BCUT2D eigenvalue weighted by atomic mass is 10.1. The third-order valence-corrected chi connectivity index (χ3v) is 3.58. The molecule has 1 saturated heterocycles. The zero-order valence-corrected chi connectivity index (χ0v) is 11.5. The van der Waals surface area contributed by atoms with Crippen LogP contribution in [0.1, 0.15) is 5.56 Å². The van der Waals surface area contributed by atoms with E-state index in [-0.39, 0.29) is 13.1 Å². The van der Waals surface area contributed by atoms with Gasteiger partial charge in [-0.3, -0.25) is 4.79 Å². The van der Waals surface area contributed by atoms with Crippen LogP contribution in [0.5, 0.6) is 0 Å². The molecule has 1 aliphatic heterocycles. The molecule has 0 aromatic heterocycles. The first-order valence-corrected chi connectivity index (χ1v) is 6.60. The summed E-state index contributed by atoms with van der Waals surface area (Å²) in [4.78, 5) is 14.2. The van der Waals surface area contributed by atoms with Crippen LogP contribution in [-0.2, 0) is 4.79 Å². The molecule has 116 valence electrons. The number of amides is 1. The summed E-state index contributed by atoms with van der Waals surface area (Å²) in [5.74, 6) is -6.40. The SMILES string of the molecule is Cc1ccccc1N1CCN(C(=O)C(F)(F)C(F)F)CC1. The van der Waals surface area contributed by atoms with Crippen LogP contribution in [0, 0.1) is 6.92 Å². The smallest absolute Gasteiger partial charge is 0.368 e. The molecule has 0 spiro atoms. The van der Waals surface area contributed by atoms with Gasteiger partial charge in [-0.25, -0.2) is 8.78 Å². The normalized spacial score (nSPS) is 16.5. The first-order chi connectivity index (χ1) is 9.84. The van der Waals surface area contributed by atoms with Crippen LogP contribution < -0.4 is 4.90 Å². The molecule has 21 heavy (non-hydrogen) atoms. The second kappa shape index (κ2) is 5.91. The minimum absolute atomic E-state index is 0.00940. The number of hydrogen-bond acceptors (Lipinski definition) is 2. The predicted octanol–water partition coefficient (Wildman–Crippen LogP) is 2.54. The van der Waals surface area contributed by atoms with Crippen LogP contribution in [0.25, 0.3) is 0 Å². The van der Waals surface area contributed by atoms with Crippen molar-refractivity contribution < 1.29 is 22.4 Å². The van der Waals surface area contributed by atoms with E-state index in [9.17, 15) is 22.4 Å². The largest absolute Gasteiger partial charge is 0.383 e. The summed E-state index contributed by atoms with van der Waals surface area (Å²) >= 11 is 0. The molecule has 3 nitrogen and oxygen atoms in total. The van der Waals surface area contributed by atoms with Crippen molar-refractivity contribution in [3.05, 3.63) is 29.8 Å². The second-order valence-corrected chi connectivity index (χ2v) is 4.99. The van der Waals surface area contributed by atoms with E-state index in [0.717, 1.165) is 16.2 Å². The number of nitrogens with zero attached hydrogens (tertiary/aromatic N) is 2. The first-order valence-electron chi connectivity index (χ1n) is 6.60. The Morgan fingerprint density at radius 2 is 1.71 bits per heavy atom. The number of halogens is 4. The number of carbonyl (C=O) groups excluding carboxylic acids is 1. The number of hydrogen-bond donors (Lipinski definition) is 0. The van der Waals surface area contributed by atoms with E-state index in [0.29, 0.717) is 13.1 Å². The lowest BCUT2D eigenvalue weighted by Crippen LogP contribution is -2.55. The molecular formula is C14H16F4N2O. The lowest BCUT2D eigenvalue weighted by molar-refractivity contribution is -0.180. The molecule has 1 fully saturated rings. The van der Waals surface area contributed by atoms with E-state index in [1.165, 1.54) is 0 Å². The fraction of sp³-hybridized carbons (Fsp3) is 0.500. The number of benzene rings is 1. The maximum absolute atomic E-state index is 13.1. The van der Waals surface area contributed by atoms with E-state index in [1.54, 1.807) is 0 Å². The molecule has 1 aromatic rings. The van der Waals surface area contributed by atoms with Gasteiger partial charge < -0.3 is 9.80 Å². The topological polar surface area (TPSA) is 23.6 Å². The van der Waals surface area contributed by atoms with E-state index in [1.807, 2.05) is 36.1 Å². The van der Waals surface area contributed by atoms with Gasteiger partial charge >= 0.3 is 12.3 Å². The molecule has 1 aliphatic rings. The third kappa shape index (κ3) is 3.11. The van der Waals surface area contributed by atoms with Gasteiger partial charge in [-0.15, -0.1) is 0 Å². The van der Waals surface area contributed by atoms with Crippen molar-refractivity contribution in [1.82, 2.24) is 4.90 Å². The monoisotopic (exact) mass is 304 g/mol. The Kier molecular flexibility index (Phi) is 4.39. The van der Waals surface area contributed by atoms with Crippen molar-refractivity contribution in [2.45, 2.75) is 19.3 Å². The standard InChI is InChI=1S/C14H16F4N2O/c1-10-4-2-3-5-11(10)19-6-8-20(9-7-19)13(21)14(17,18)12(15)16/h2-5,12H,6-9H2,1H3. The first kappa shape index (κ1) is 15.6. The van der Waals surface area contributed by atoms with E-state index >= 15 is 0 Å². The number of para-hydroxylation sites is 1. The number of aryl methyl sites for hydroxylation is 1. The van der Waals surface area contributed by atoms with Crippen LogP contribution >= 0.6 is 0 Å². The van der Waals surface area contributed by atoms with Gasteiger partial charge in [-0.2, -0.15) is 8.78 Å². The van der Waals surface area contributed by atoms with Gasteiger partial charge in [0.05, 0.1) is 0 Å². The van der Waals surface area contributed by atoms with Gasteiger partial charge in [0.25, 0.3) is 5.91 Å². The highest BCUT2D eigenvalue weighted by Gasteiger charge is 2.51. The molecule has 0 atom stereocenters. The molecule has 0 N–H and O–H groups in total. The van der Waals surface area contributed by atoms with Crippen molar-refractivity contribution in [2.75, 3.05) is 31.1 Å². The number of anilines is 1. The molecule has 7 heteroatoms. The molecular weight excluding hydrogens is 288 g/mol. The maximum atomic E-state index is 13.1. The second-order valence-electron chi connectivity index (χ2n) is 4.99. The van der Waals surface area contributed by atoms with Gasteiger partial charge in [-0.05, 0) is 18.6 Å². The number of alkyl halides is 4. The van der Waals surface area contributed by atoms with Crippen LogP contribution in [0.3, 0.4) is 0 Å². The zero-order valence-electron chi connectivity index (χ0n) is 11.5. The van der Waals surface area contributed by atoms with Crippen LogP contribution in [-0.4, -0.2) is 49.3 Å². The maximum Gasteiger partial charge on any atom is 0.383 e. The van der Waals surface area contributed by atoms with Crippen molar-refractivity contribution in [1.29, 1.82) is 0 Å². The molecule has 2 rings (SSSR count). The van der Waals surface area contributed by atoms with Crippen LogP contribution in [0.4, 0.5) is 23.2 Å². The minimum atomic E-state index is -4.61. The van der Waals surface area contributed by atoms with Crippen molar-refractivity contribution in [3.63, 3.8) is 0 Å². The summed E-state index contributed by atoms with van der Waals surface area (Å²) in [6, 6.07) is 7.59. The summed E-state index contributed by atoms with van der Waals surface area (Å²) < 4.78 is 50.5. The third-order valence-electron chi connectivity index (χ3n) is 3.58. The molecule has 0 radical (unpaired) electrons. The Morgan fingerprint density at radius 3 is 2.24 bits per heavy atom. The highest BCUT2D eigenvalue weighted by Crippen LogP contribution is 2.27. The van der Waals surface area contributed by atoms with Crippen molar-refractivity contribution >= 4 is 11.6 Å². The Bertz CT molecular complexity index is 513. The molecule has 1 aromatic carbocycles. The number of piperazine rings is 1. The Balaban J connectivity index is 2.01. The fourth-order valence-electron chi connectivity index (χ4n) is 2.37. The summed E-state index contributed by atoms with van der Waals surface area (Å²) in [6.45, 7) is 2.63. The quantitative estimate of drug-likeness (QED) is 0.801. The summed E-state index contributed by atoms with van der Waals surface area (Å²) in [6.07, 6.45) is -3.97.